The van der Waals surface area contributed by atoms with Gasteiger partial charge in [-0.15, -0.1) is 0 Å². The van der Waals surface area contributed by atoms with E-state index in [0.29, 0.717) is 22.5 Å². The summed E-state index contributed by atoms with van der Waals surface area (Å²) in [5, 5.41) is 0.609. The fourth-order valence-corrected chi connectivity index (χ4v) is 5.19. The van der Waals surface area contributed by atoms with Gasteiger partial charge in [0.2, 0.25) is 0 Å². The van der Waals surface area contributed by atoms with E-state index in [9.17, 15) is 0 Å². The van der Waals surface area contributed by atoms with Gasteiger partial charge in [-0.3, -0.25) is 0 Å². The minimum absolute atomic E-state index is 0.562. The number of hydrogen-bond acceptors (Lipinski definition) is 3. The number of hydrogen-bond donors (Lipinski definition) is 0. The molecule has 0 fully saturated rings. The van der Waals surface area contributed by atoms with Crippen molar-refractivity contribution in [3.63, 3.8) is 0 Å². The molecule has 0 atom stereocenters. The lowest BCUT2D eigenvalue weighted by molar-refractivity contribution is 1.07. The van der Waals surface area contributed by atoms with E-state index in [2.05, 4.69) is 88.7 Å². The molecule has 0 aliphatic heterocycles. The van der Waals surface area contributed by atoms with Crippen LogP contribution in [0.3, 0.4) is 0 Å². The summed E-state index contributed by atoms with van der Waals surface area (Å²) in [5.74, 6) is 1.77. The molecule has 0 aliphatic carbocycles. The summed E-state index contributed by atoms with van der Waals surface area (Å²) < 4.78 is 0.864. The highest BCUT2D eigenvalue weighted by atomic mass is 79.9. The standard InChI is InChI=1S/C33H21BrClN3/c34-29-19-28(20-30(35)21-29)33-37-31(26-15-11-24(12-16-26)22-7-3-1-4-8-22)36-32(38-33)27-17-13-25(14-18-27)23-9-5-2-6-10-23/h1-21H. The van der Waals surface area contributed by atoms with Crippen molar-refractivity contribution in [2.45, 2.75) is 0 Å². The second-order valence-corrected chi connectivity index (χ2v) is 10.2. The Kier molecular flexibility index (Phi) is 6.82. The van der Waals surface area contributed by atoms with E-state index < -0.39 is 0 Å². The van der Waals surface area contributed by atoms with Gasteiger partial charge >= 0.3 is 0 Å². The summed E-state index contributed by atoms with van der Waals surface area (Å²) in [4.78, 5) is 14.6. The van der Waals surface area contributed by atoms with Crippen molar-refractivity contribution in [3.8, 4) is 56.4 Å². The highest BCUT2D eigenvalue weighted by Crippen LogP contribution is 2.30. The molecule has 38 heavy (non-hydrogen) atoms. The van der Waals surface area contributed by atoms with Gasteiger partial charge in [-0.25, -0.2) is 15.0 Å². The zero-order chi connectivity index (χ0) is 25.9. The largest absolute Gasteiger partial charge is 0.208 e. The van der Waals surface area contributed by atoms with Crippen LogP contribution in [0.15, 0.2) is 132 Å². The van der Waals surface area contributed by atoms with Crippen molar-refractivity contribution in [2.24, 2.45) is 0 Å². The number of halogens is 2. The molecule has 1 heterocycles. The monoisotopic (exact) mass is 573 g/mol. The topological polar surface area (TPSA) is 38.7 Å². The molecular formula is C33H21BrClN3. The summed E-state index contributed by atoms with van der Waals surface area (Å²) in [7, 11) is 0. The first-order valence-corrected chi connectivity index (χ1v) is 13.3. The van der Waals surface area contributed by atoms with Gasteiger partial charge in [0.05, 0.1) is 0 Å². The average molecular weight is 575 g/mol. The molecule has 0 N–H and O–H groups in total. The lowest BCUT2D eigenvalue weighted by Gasteiger charge is -2.10. The van der Waals surface area contributed by atoms with E-state index in [1.807, 2.05) is 54.6 Å². The van der Waals surface area contributed by atoms with Gasteiger partial charge in [-0.1, -0.05) is 137 Å². The highest BCUT2D eigenvalue weighted by molar-refractivity contribution is 9.10. The van der Waals surface area contributed by atoms with E-state index in [1.54, 1.807) is 0 Å². The third-order valence-electron chi connectivity index (χ3n) is 6.26. The maximum Gasteiger partial charge on any atom is 0.164 e. The number of benzene rings is 5. The number of aromatic nitrogens is 3. The zero-order valence-corrected chi connectivity index (χ0v) is 22.6. The van der Waals surface area contributed by atoms with Crippen LogP contribution in [0.2, 0.25) is 5.02 Å². The molecule has 6 aromatic rings. The third kappa shape index (κ3) is 5.28. The Morgan fingerprint density at radius 1 is 0.395 bits per heavy atom. The smallest absolute Gasteiger partial charge is 0.164 e. The van der Waals surface area contributed by atoms with Crippen LogP contribution in [0.25, 0.3) is 56.4 Å². The summed E-state index contributed by atoms with van der Waals surface area (Å²) in [6.07, 6.45) is 0. The minimum Gasteiger partial charge on any atom is -0.208 e. The Morgan fingerprint density at radius 3 is 1.18 bits per heavy atom. The van der Waals surface area contributed by atoms with E-state index in [1.165, 1.54) is 11.1 Å². The minimum atomic E-state index is 0.562. The Balaban J connectivity index is 1.44. The van der Waals surface area contributed by atoms with Crippen LogP contribution in [-0.4, -0.2) is 15.0 Å². The molecular weight excluding hydrogens is 554 g/mol. The predicted molar refractivity (Wildman–Crippen MR) is 160 cm³/mol. The van der Waals surface area contributed by atoms with Crippen LogP contribution in [-0.2, 0) is 0 Å². The fraction of sp³-hybridized carbons (Fsp3) is 0. The Morgan fingerprint density at radius 2 is 0.763 bits per heavy atom. The molecule has 6 rings (SSSR count). The lowest BCUT2D eigenvalue weighted by atomic mass is 10.0. The molecule has 0 unspecified atom stereocenters. The molecule has 0 radical (unpaired) electrons. The maximum atomic E-state index is 6.36. The van der Waals surface area contributed by atoms with E-state index in [0.717, 1.165) is 32.3 Å². The first-order chi connectivity index (χ1) is 18.6. The van der Waals surface area contributed by atoms with Crippen LogP contribution in [0, 0.1) is 0 Å². The second kappa shape index (κ2) is 10.7. The summed E-state index contributed by atoms with van der Waals surface area (Å²) in [6, 6.07) is 42.9. The van der Waals surface area contributed by atoms with Gasteiger partial charge in [0, 0.05) is 26.2 Å². The first-order valence-electron chi connectivity index (χ1n) is 12.2. The molecule has 0 bridgehead atoms. The van der Waals surface area contributed by atoms with E-state index in [-0.39, 0.29) is 0 Å². The summed E-state index contributed by atoms with van der Waals surface area (Å²) in [5.41, 5.74) is 7.25. The average Bonchev–Trinajstić information content (AvgIpc) is 2.97. The molecule has 0 spiro atoms. The second-order valence-electron chi connectivity index (χ2n) is 8.85. The first kappa shape index (κ1) is 24.2. The predicted octanol–water partition coefficient (Wildman–Crippen LogP) is 9.62. The number of nitrogens with zero attached hydrogens (tertiary/aromatic N) is 3. The molecule has 0 saturated heterocycles. The van der Waals surface area contributed by atoms with Crippen LogP contribution in [0.4, 0.5) is 0 Å². The van der Waals surface area contributed by atoms with Crippen molar-refractivity contribution >= 4 is 27.5 Å². The fourth-order valence-electron chi connectivity index (χ4n) is 4.33. The molecule has 0 amide bonds. The van der Waals surface area contributed by atoms with Crippen LogP contribution in [0.1, 0.15) is 0 Å². The molecule has 182 valence electrons. The van der Waals surface area contributed by atoms with Gasteiger partial charge in [0.15, 0.2) is 17.5 Å². The van der Waals surface area contributed by atoms with Crippen molar-refractivity contribution in [1.29, 1.82) is 0 Å². The quantitative estimate of drug-likeness (QED) is 0.206. The van der Waals surface area contributed by atoms with Gasteiger partial charge in [-0.2, -0.15) is 0 Å². The number of rotatable bonds is 5. The van der Waals surface area contributed by atoms with Gasteiger partial charge in [-0.05, 0) is 40.5 Å². The van der Waals surface area contributed by atoms with Crippen LogP contribution < -0.4 is 0 Å². The maximum absolute atomic E-state index is 6.36. The van der Waals surface area contributed by atoms with E-state index >= 15 is 0 Å². The third-order valence-corrected chi connectivity index (χ3v) is 6.93. The molecule has 5 aromatic carbocycles. The molecule has 0 aliphatic rings. The molecule has 0 saturated carbocycles. The van der Waals surface area contributed by atoms with Crippen LogP contribution >= 0.6 is 27.5 Å². The lowest BCUT2D eigenvalue weighted by Crippen LogP contribution is -2.00. The molecule has 5 heteroatoms. The van der Waals surface area contributed by atoms with Crippen molar-refractivity contribution in [1.82, 2.24) is 15.0 Å². The normalized spacial score (nSPS) is 10.9. The SMILES string of the molecule is Clc1cc(Br)cc(-c2nc(-c3ccc(-c4ccccc4)cc3)nc(-c3ccc(-c4ccccc4)cc3)n2)c1. The van der Waals surface area contributed by atoms with Gasteiger partial charge in [0.1, 0.15) is 0 Å². The summed E-state index contributed by atoms with van der Waals surface area (Å²) in [6.45, 7) is 0. The highest BCUT2D eigenvalue weighted by Gasteiger charge is 2.14. The molecule has 1 aromatic heterocycles. The van der Waals surface area contributed by atoms with Gasteiger partial charge < -0.3 is 0 Å². The van der Waals surface area contributed by atoms with E-state index in [4.69, 9.17) is 26.6 Å². The van der Waals surface area contributed by atoms with Crippen molar-refractivity contribution < 1.29 is 0 Å². The van der Waals surface area contributed by atoms with Crippen molar-refractivity contribution in [3.05, 3.63) is 137 Å². The zero-order valence-electron chi connectivity index (χ0n) is 20.2. The van der Waals surface area contributed by atoms with Crippen molar-refractivity contribution in [2.75, 3.05) is 0 Å². The molecule has 3 nitrogen and oxygen atoms in total. The summed E-state index contributed by atoms with van der Waals surface area (Å²) >= 11 is 9.91. The Hall–Kier alpha value is -4.12. The Bertz CT molecular complexity index is 1580. The van der Waals surface area contributed by atoms with Gasteiger partial charge in [0.25, 0.3) is 0 Å². The Labute approximate surface area is 235 Å². The van der Waals surface area contributed by atoms with Crippen LogP contribution in [0.5, 0.6) is 0 Å².